The van der Waals surface area contributed by atoms with Crippen molar-refractivity contribution in [2.24, 2.45) is 0 Å². The van der Waals surface area contributed by atoms with Crippen LogP contribution >= 0.6 is 0 Å². The van der Waals surface area contributed by atoms with E-state index in [1.54, 1.807) is 12.1 Å². The summed E-state index contributed by atoms with van der Waals surface area (Å²) in [6.45, 7) is 1.28. The van der Waals surface area contributed by atoms with Gasteiger partial charge in [-0.3, -0.25) is 0 Å². The first-order valence-electron chi connectivity index (χ1n) is 6.45. The number of nitrogens with one attached hydrogen (secondary N) is 1. The van der Waals surface area contributed by atoms with Crippen LogP contribution in [0.4, 0.5) is 17.6 Å². The third-order valence-electron chi connectivity index (χ3n) is 2.64. The molecule has 1 aromatic heterocycles. The zero-order valence-electron chi connectivity index (χ0n) is 11.3. The van der Waals surface area contributed by atoms with Gasteiger partial charge in [-0.05, 0) is 25.1 Å². The highest BCUT2D eigenvalue weighted by atomic mass is 19.3. The monoisotopic (exact) mass is 297 g/mol. The molecular weight excluding hydrogens is 278 g/mol. The first-order valence-corrected chi connectivity index (χ1v) is 6.45. The number of furan rings is 1. The van der Waals surface area contributed by atoms with Gasteiger partial charge in [-0.25, -0.2) is 8.78 Å². The SMILES string of the molecule is CCCNC(COCC(F)(F)C(F)F)Cc1ccco1. The maximum absolute atomic E-state index is 12.7. The van der Waals surface area contributed by atoms with E-state index < -0.39 is 19.0 Å². The summed E-state index contributed by atoms with van der Waals surface area (Å²) in [5, 5.41) is 3.11. The van der Waals surface area contributed by atoms with Gasteiger partial charge in [0.15, 0.2) is 0 Å². The summed E-state index contributed by atoms with van der Waals surface area (Å²) in [5.74, 6) is -3.43. The van der Waals surface area contributed by atoms with E-state index in [0.717, 1.165) is 6.42 Å². The molecule has 0 aliphatic carbocycles. The number of halogens is 4. The van der Waals surface area contributed by atoms with Crippen LogP contribution in [0.3, 0.4) is 0 Å². The van der Waals surface area contributed by atoms with E-state index >= 15 is 0 Å². The average Bonchev–Trinajstić information content (AvgIpc) is 2.88. The van der Waals surface area contributed by atoms with E-state index in [-0.39, 0.29) is 12.6 Å². The topological polar surface area (TPSA) is 34.4 Å². The minimum Gasteiger partial charge on any atom is -0.469 e. The number of ether oxygens (including phenoxy) is 1. The minimum atomic E-state index is -4.11. The number of hydrogen-bond acceptors (Lipinski definition) is 3. The summed E-state index contributed by atoms with van der Waals surface area (Å²) in [4.78, 5) is 0. The second-order valence-electron chi connectivity index (χ2n) is 4.51. The molecular formula is C13H19F4NO2. The lowest BCUT2D eigenvalue weighted by atomic mass is 10.2. The Balaban J connectivity index is 2.40. The standard InChI is InChI=1S/C13H19F4NO2/c1-2-5-18-10(7-11-4-3-6-20-11)8-19-9-13(16,17)12(14)15/h3-4,6,10,12,18H,2,5,7-9H2,1H3. The fourth-order valence-corrected chi connectivity index (χ4v) is 1.61. The molecule has 1 N–H and O–H groups in total. The van der Waals surface area contributed by atoms with Crippen LogP contribution < -0.4 is 5.32 Å². The highest BCUT2D eigenvalue weighted by molar-refractivity contribution is 5.00. The third kappa shape index (κ3) is 5.92. The molecule has 3 nitrogen and oxygen atoms in total. The van der Waals surface area contributed by atoms with E-state index in [1.807, 2.05) is 6.92 Å². The number of hydrogen-bond donors (Lipinski definition) is 1. The Bertz CT molecular complexity index is 357. The van der Waals surface area contributed by atoms with Crippen molar-refractivity contribution in [3.8, 4) is 0 Å². The van der Waals surface area contributed by atoms with Gasteiger partial charge in [0, 0.05) is 12.5 Å². The van der Waals surface area contributed by atoms with E-state index in [0.29, 0.717) is 18.7 Å². The van der Waals surface area contributed by atoms with Crippen LogP contribution in [0, 0.1) is 0 Å². The average molecular weight is 297 g/mol. The van der Waals surface area contributed by atoms with Gasteiger partial charge in [0.2, 0.25) is 0 Å². The lowest BCUT2D eigenvalue weighted by Gasteiger charge is -2.20. The lowest BCUT2D eigenvalue weighted by Crippen LogP contribution is -2.39. The molecule has 0 saturated carbocycles. The molecule has 1 aromatic rings. The molecule has 0 aromatic carbocycles. The van der Waals surface area contributed by atoms with Crippen molar-refractivity contribution in [3.05, 3.63) is 24.2 Å². The summed E-state index contributed by atoms with van der Waals surface area (Å²) >= 11 is 0. The largest absolute Gasteiger partial charge is 0.469 e. The van der Waals surface area contributed by atoms with Crippen molar-refractivity contribution >= 4 is 0 Å². The van der Waals surface area contributed by atoms with Crippen LogP contribution in [-0.2, 0) is 11.2 Å². The van der Waals surface area contributed by atoms with Crippen LogP contribution in [0.1, 0.15) is 19.1 Å². The van der Waals surface area contributed by atoms with Crippen LogP contribution in [0.15, 0.2) is 22.8 Å². The molecule has 0 aliphatic rings. The van der Waals surface area contributed by atoms with E-state index in [1.165, 1.54) is 6.26 Å². The number of rotatable bonds is 10. The zero-order chi connectivity index (χ0) is 15.0. The van der Waals surface area contributed by atoms with Crippen molar-refractivity contribution in [1.82, 2.24) is 5.32 Å². The molecule has 116 valence electrons. The summed E-state index contributed by atoms with van der Waals surface area (Å²) in [6.07, 6.45) is -0.887. The van der Waals surface area contributed by atoms with Crippen molar-refractivity contribution in [1.29, 1.82) is 0 Å². The molecule has 7 heteroatoms. The van der Waals surface area contributed by atoms with Gasteiger partial charge in [0.1, 0.15) is 12.4 Å². The van der Waals surface area contributed by atoms with Crippen molar-refractivity contribution in [2.45, 2.75) is 38.2 Å². The molecule has 0 saturated heterocycles. The molecule has 0 spiro atoms. The Morgan fingerprint density at radius 1 is 1.40 bits per heavy atom. The van der Waals surface area contributed by atoms with Crippen LogP contribution in [-0.4, -0.2) is 38.1 Å². The van der Waals surface area contributed by atoms with Gasteiger partial charge in [-0.2, -0.15) is 8.78 Å². The Hall–Kier alpha value is -1.08. The molecule has 0 bridgehead atoms. The molecule has 1 heterocycles. The minimum absolute atomic E-state index is 0.0803. The maximum atomic E-state index is 12.7. The Kier molecular flexibility index (Phi) is 7.01. The van der Waals surface area contributed by atoms with Gasteiger partial charge in [0.25, 0.3) is 0 Å². The predicted octanol–water partition coefficient (Wildman–Crippen LogP) is 3.11. The fraction of sp³-hybridized carbons (Fsp3) is 0.692. The maximum Gasteiger partial charge on any atom is 0.330 e. The molecule has 0 aliphatic heterocycles. The molecule has 0 amide bonds. The van der Waals surface area contributed by atoms with Gasteiger partial charge in [-0.15, -0.1) is 0 Å². The van der Waals surface area contributed by atoms with Crippen molar-refractivity contribution in [2.75, 3.05) is 19.8 Å². The van der Waals surface area contributed by atoms with Crippen LogP contribution in [0.25, 0.3) is 0 Å². The first-order chi connectivity index (χ1) is 9.45. The quantitative estimate of drug-likeness (QED) is 0.674. The molecule has 1 rings (SSSR count). The highest BCUT2D eigenvalue weighted by Crippen LogP contribution is 2.22. The van der Waals surface area contributed by atoms with Crippen LogP contribution in [0.2, 0.25) is 0 Å². The zero-order valence-corrected chi connectivity index (χ0v) is 11.3. The molecule has 1 unspecified atom stereocenters. The van der Waals surface area contributed by atoms with Crippen molar-refractivity contribution < 1.29 is 26.7 Å². The smallest absolute Gasteiger partial charge is 0.330 e. The predicted molar refractivity (Wildman–Crippen MR) is 66.3 cm³/mol. The van der Waals surface area contributed by atoms with Crippen molar-refractivity contribution in [3.63, 3.8) is 0 Å². The van der Waals surface area contributed by atoms with E-state index in [2.05, 4.69) is 5.32 Å². The summed E-state index contributed by atoms with van der Waals surface area (Å²) in [6, 6.07) is 3.22. The Morgan fingerprint density at radius 2 is 2.15 bits per heavy atom. The summed E-state index contributed by atoms with van der Waals surface area (Å²) < 4.78 is 59.3. The normalized spacial score (nSPS) is 13.9. The number of alkyl halides is 4. The Morgan fingerprint density at radius 3 is 2.70 bits per heavy atom. The van der Waals surface area contributed by atoms with Gasteiger partial charge >= 0.3 is 12.3 Å². The molecule has 0 radical (unpaired) electrons. The first kappa shape index (κ1) is 17.0. The fourth-order valence-electron chi connectivity index (χ4n) is 1.61. The second kappa shape index (κ2) is 8.26. The summed E-state index contributed by atoms with van der Waals surface area (Å²) in [5.41, 5.74) is 0. The van der Waals surface area contributed by atoms with Gasteiger partial charge in [0.05, 0.1) is 12.9 Å². The lowest BCUT2D eigenvalue weighted by molar-refractivity contribution is -0.167. The highest BCUT2D eigenvalue weighted by Gasteiger charge is 2.41. The molecule has 1 atom stereocenters. The van der Waals surface area contributed by atoms with Gasteiger partial charge < -0.3 is 14.5 Å². The van der Waals surface area contributed by atoms with Gasteiger partial charge in [-0.1, -0.05) is 6.92 Å². The summed E-state index contributed by atoms with van der Waals surface area (Å²) in [7, 11) is 0. The van der Waals surface area contributed by atoms with E-state index in [9.17, 15) is 17.6 Å². The van der Waals surface area contributed by atoms with Crippen LogP contribution in [0.5, 0.6) is 0 Å². The molecule has 20 heavy (non-hydrogen) atoms. The van der Waals surface area contributed by atoms with E-state index in [4.69, 9.17) is 9.15 Å². The third-order valence-corrected chi connectivity index (χ3v) is 2.64. The second-order valence-corrected chi connectivity index (χ2v) is 4.51. The molecule has 0 fully saturated rings. The Labute approximate surface area is 115 Å².